The van der Waals surface area contributed by atoms with Crippen molar-refractivity contribution >= 4 is 54.5 Å². The third-order valence-electron chi connectivity index (χ3n) is 5.18. The van der Waals surface area contributed by atoms with Crippen LogP contribution in [0.25, 0.3) is 0 Å². The Morgan fingerprint density at radius 1 is 0.440 bits per heavy atom. The zero-order chi connectivity index (χ0) is 17.4. The second kappa shape index (κ2) is 7.03. The molecule has 136 valence electrons. The number of rotatable bonds is 6. The summed E-state index contributed by atoms with van der Waals surface area (Å²) in [5, 5.41) is 0. The largest absolute Gasteiger partial charge is 0.423 e. The topological polar surface area (TPSA) is 27.7 Å². The minimum Gasteiger partial charge on any atom is -0.423 e. The Hall–Kier alpha value is 0.288. The molecule has 9 heteroatoms. The molecule has 0 atom stereocenters. The smallest absolute Gasteiger partial charge is 0.327 e. The van der Waals surface area contributed by atoms with Gasteiger partial charge in [-0.25, -0.2) is 0 Å². The molecule has 25 heavy (non-hydrogen) atoms. The molecule has 0 unspecified atom stereocenters. The fraction of sp³-hybridized carbons (Fsp3) is 0.500. The summed E-state index contributed by atoms with van der Waals surface area (Å²) in [6.45, 7) is 0. The first-order chi connectivity index (χ1) is 11.9. The predicted octanol–water partition coefficient (Wildman–Crippen LogP) is 5.56. The number of hydrogen-bond donors (Lipinski definition) is 0. The van der Waals surface area contributed by atoms with Crippen LogP contribution in [0.5, 0.6) is 0 Å². The molecule has 0 N–H and O–H groups in total. The molecule has 0 fully saturated rings. The zero-order valence-corrected chi connectivity index (χ0v) is 19.8. The standard InChI is InChI=1S/C16H24Cl2O3Si4/c17-22(9-1-2-10-22)19-24(13-5-6-14-24)21-25(15-7-8-16-25)20-23(18)11-3-4-12-23/h1-8H,9-16H2. The highest BCUT2D eigenvalue weighted by Crippen LogP contribution is 2.43. The molecule has 0 aromatic rings. The van der Waals surface area contributed by atoms with E-state index in [1.54, 1.807) is 0 Å². The van der Waals surface area contributed by atoms with Gasteiger partial charge in [-0.2, -0.15) is 0 Å². The first kappa shape index (κ1) is 18.6. The lowest BCUT2D eigenvalue weighted by Crippen LogP contribution is -2.59. The fourth-order valence-corrected chi connectivity index (χ4v) is 25.5. The maximum Gasteiger partial charge on any atom is 0.327 e. The monoisotopic (exact) mass is 446 g/mol. The number of allylic oxidation sites excluding steroid dienone is 8. The first-order valence-electron chi connectivity index (χ1n) is 9.03. The Morgan fingerprint density at radius 3 is 1.04 bits per heavy atom. The highest BCUT2D eigenvalue weighted by molar-refractivity contribution is 7.21. The fourth-order valence-electron chi connectivity index (χ4n) is 3.97. The van der Waals surface area contributed by atoms with Gasteiger partial charge in [0.25, 0.3) is 15.3 Å². The summed E-state index contributed by atoms with van der Waals surface area (Å²) in [6, 6.07) is 7.11. The van der Waals surface area contributed by atoms with E-state index < -0.39 is 32.4 Å². The van der Waals surface area contributed by atoms with Gasteiger partial charge in [0.1, 0.15) is 0 Å². The van der Waals surface area contributed by atoms with Gasteiger partial charge < -0.3 is 12.3 Å². The molecule has 0 aromatic carbocycles. The van der Waals surface area contributed by atoms with Crippen molar-refractivity contribution in [3.8, 4) is 0 Å². The molecule has 0 saturated carbocycles. The van der Waals surface area contributed by atoms with E-state index in [1.165, 1.54) is 0 Å². The van der Waals surface area contributed by atoms with Crippen molar-refractivity contribution in [2.45, 2.75) is 48.4 Å². The Bertz CT molecular complexity index is 563. The van der Waals surface area contributed by atoms with E-state index in [0.29, 0.717) is 0 Å². The van der Waals surface area contributed by atoms with Crippen molar-refractivity contribution in [3.05, 3.63) is 48.6 Å². The van der Waals surface area contributed by atoms with Crippen molar-refractivity contribution in [1.82, 2.24) is 0 Å². The molecule has 4 heterocycles. The van der Waals surface area contributed by atoms with Gasteiger partial charge in [0, 0.05) is 24.2 Å². The summed E-state index contributed by atoms with van der Waals surface area (Å²) in [5.74, 6) is 0. The molecular formula is C16H24Cl2O3Si4. The van der Waals surface area contributed by atoms with Gasteiger partial charge in [-0.05, 0) is 24.2 Å². The van der Waals surface area contributed by atoms with Crippen LogP contribution in [0.3, 0.4) is 0 Å². The van der Waals surface area contributed by atoms with Gasteiger partial charge in [0.15, 0.2) is 0 Å². The van der Waals surface area contributed by atoms with Crippen molar-refractivity contribution in [2.24, 2.45) is 0 Å². The quantitative estimate of drug-likeness (QED) is 0.303. The van der Waals surface area contributed by atoms with Gasteiger partial charge >= 0.3 is 17.1 Å². The summed E-state index contributed by atoms with van der Waals surface area (Å²) >= 11 is 13.8. The van der Waals surface area contributed by atoms with Gasteiger partial charge in [-0.1, -0.05) is 48.6 Å². The van der Waals surface area contributed by atoms with Gasteiger partial charge in [0.2, 0.25) is 0 Å². The van der Waals surface area contributed by atoms with E-state index in [1.807, 2.05) is 0 Å². The lowest BCUT2D eigenvalue weighted by molar-refractivity contribution is 0.322. The van der Waals surface area contributed by atoms with E-state index in [2.05, 4.69) is 48.6 Å². The molecule has 0 amide bonds. The van der Waals surface area contributed by atoms with Crippen LogP contribution in [0.2, 0.25) is 48.4 Å². The Labute approximate surface area is 163 Å². The third kappa shape index (κ3) is 4.09. The molecule has 4 aliphatic heterocycles. The Morgan fingerprint density at radius 2 is 0.720 bits per heavy atom. The van der Waals surface area contributed by atoms with Crippen molar-refractivity contribution in [3.63, 3.8) is 0 Å². The van der Waals surface area contributed by atoms with E-state index >= 15 is 0 Å². The third-order valence-corrected chi connectivity index (χ3v) is 24.1. The SMILES string of the molecule is Cl[Si]1(O[Si]2(O[Si]3(O[Si]4(Cl)CC=CC4)CC=CC3)CC=CC2)CC=CC1. The van der Waals surface area contributed by atoms with Crippen LogP contribution in [0.15, 0.2) is 48.6 Å². The molecule has 4 aliphatic rings. The normalized spacial score (nSPS) is 29.8. The zero-order valence-electron chi connectivity index (χ0n) is 14.3. The maximum atomic E-state index is 6.96. The molecule has 0 aliphatic carbocycles. The number of hydrogen-bond acceptors (Lipinski definition) is 3. The highest BCUT2D eigenvalue weighted by Gasteiger charge is 2.56. The minimum absolute atomic E-state index is 0.887. The molecule has 0 aromatic heterocycles. The molecule has 3 nitrogen and oxygen atoms in total. The highest BCUT2D eigenvalue weighted by atomic mass is 35.6. The molecule has 0 spiro atoms. The molecular weight excluding hydrogens is 423 g/mol. The average molecular weight is 448 g/mol. The summed E-state index contributed by atoms with van der Waals surface area (Å²) in [4.78, 5) is 0. The van der Waals surface area contributed by atoms with Crippen molar-refractivity contribution < 1.29 is 12.3 Å². The van der Waals surface area contributed by atoms with Gasteiger partial charge in [-0.3, -0.25) is 0 Å². The lowest BCUT2D eigenvalue weighted by atomic mass is 10.6. The minimum atomic E-state index is -2.39. The van der Waals surface area contributed by atoms with Gasteiger partial charge in [0.05, 0.1) is 0 Å². The van der Waals surface area contributed by atoms with Crippen LogP contribution in [0.4, 0.5) is 0 Å². The Balaban J connectivity index is 1.52. The van der Waals surface area contributed by atoms with Crippen LogP contribution in [0.1, 0.15) is 0 Å². The Kier molecular flexibility index (Phi) is 5.24. The van der Waals surface area contributed by atoms with Crippen LogP contribution in [-0.2, 0) is 12.3 Å². The number of halogens is 2. The summed E-state index contributed by atoms with van der Waals surface area (Å²) in [7, 11) is -9.23. The van der Waals surface area contributed by atoms with E-state index in [4.69, 9.17) is 34.5 Å². The molecule has 0 saturated heterocycles. The molecule has 4 rings (SSSR count). The second-order valence-corrected chi connectivity index (χ2v) is 24.4. The van der Waals surface area contributed by atoms with Gasteiger partial charge in [-0.15, -0.1) is 22.2 Å². The van der Waals surface area contributed by atoms with E-state index in [-0.39, 0.29) is 0 Å². The first-order valence-corrected chi connectivity index (χ1v) is 20.2. The lowest BCUT2D eigenvalue weighted by Gasteiger charge is -2.42. The van der Waals surface area contributed by atoms with Crippen LogP contribution in [-0.4, -0.2) is 32.4 Å². The summed E-state index contributed by atoms with van der Waals surface area (Å²) in [5.41, 5.74) is 0. The average Bonchev–Trinajstić information content (AvgIpc) is 3.32. The second-order valence-electron chi connectivity index (χ2n) is 7.41. The molecule has 0 bridgehead atoms. The summed E-state index contributed by atoms with van der Waals surface area (Å²) < 4.78 is 20.4. The summed E-state index contributed by atoms with van der Waals surface area (Å²) in [6.07, 6.45) is 17.5. The predicted molar refractivity (Wildman–Crippen MR) is 113 cm³/mol. The van der Waals surface area contributed by atoms with E-state index in [0.717, 1.165) is 48.4 Å². The van der Waals surface area contributed by atoms with Crippen LogP contribution < -0.4 is 0 Å². The van der Waals surface area contributed by atoms with Crippen LogP contribution >= 0.6 is 22.2 Å². The maximum absolute atomic E-state index is 6.96. The van der Waals surface area contributed by atoms with E-state index in [9.17, 15) is 0 Å². The molecule has 0 radical (unpaired) electrons. The van der Waals surface area contributed by atoms with Crippen LogP contribution in [0, 0.1) is 0 Å². The van der Waals surface area contributed by atoms with Crippen molar-refractivity contribution in [1.29, 1.82) is 0 Å². The van der Waals surface area contributed by atoms with Crippen molar-refractivity contribution in [2.75, 3.05) is 0 Å².